The summed E-state index contributed by atoms with van der Waals surface area (Å²) in [5.74, 6) is -0.0744. The number of hydrogen-bond donors (Lipinski definition) is 1. The fourth-order valence-electron chi connectivity index (χ4n) is 1.23. The van der Waals surface area contributed by atoms with E-state index < -0.39 is 5.97 Å². The molecule has 0 radical (unpaired) electrons. The van der Waals surface area contributed by atoms with Gasteiger partial charge in [0.05, 0.1) is 12.1 Å². The van der Waals surface area contributed by atoms with Crippen molar-refractivity contribution in [2.75, 3.05) is 0 Å². The van der Waals surface area contributed by atoms with E-state index in [4.69, 9.17) is 5.11 Å². The Hall–Kier alpha value is -1.43. The molecule has 0 aliphatic rings. The van der Waals surface area contributed by atoms with Crippen LogP contribution in [-0.2, 0) is 11.2 Å². The van der Waals surface area contributed by atoms with Gasteiger partial charge in [-0.05, 0) is 6.92 Å². The molecule has 0 aliphatic heterocycles. The van der Waals surface area contributed by atoms with Crippen molar-refractivity contribution in [2.45, 2.75) is 19.8 Å². The number of carboxylic acids is 1. The minimum Gasteiger partial charge on any atom is -0.481 e. The second-order valence-corrected chi connectivity index (χ2v) is 3.81. The number of nitrogens with zero attached hydrogens (tertiary/aromatic N) is 3. The topological polar surface area (TPSA) is 67.5 Å². The summed E-state index contributed by atoms with van der Waals surface area (Å²) in [7, 11) is 0. The van der Waals surface area contributed by atoms with Gasteiger partial charge >= 0.3 is 5.97 Å². The van der Waals surface area contributed by atoms with Crippen molar-refractivity contribution in [3.05, 3.63) is 16.9 Å². The Bertz CT molecular complexity index is 474. The van der Waals surface area contributed by atoms with Gasteiger partial charge in [0.25, 0.3) is 0 Å². The first kappa shape index (κ1) is 9.14. The lowest BCUT2D eigenvalue weighted by Crippen LogP contribution is -2.00. The predicted octanol–water partition coefficient (Wildman–Crippen LogP) is 1.12. The minimum atomic E-state index is -0.791. The average molecular weight is 211 g/mol. The molecule has 0 spiro atoms. The van der Waals surface area contributed by atoms with E-state index >= 15 is 0 Å². The summed E-state index contributed by atoms with van der Waals surface area (Å²) in [4.78, 5) is 15.4. The Morgan fingerprint density at radius 3 is 3.21 bits per heavy atom. The van der Waals surface area contributed by atoms with Crippen molar-refractivity contribution in [3.63, 3.8) is 0 Å². The Morgan fingerprint density at radius 2 is 2.50 bits per heavy atom. The predicted molar refractivity (Wildman–Crippen MR) is 51.6 cm³/mol. The Labute approximate surface area is 84.0 Å². The third-order valence-electron chi connectivity index (χ3n) is 1.85. The van der Waals surface area contributed by atoms with Gasteiger partial charge in [0.1, 0.15) is 5.82 Å². The summed E-state index contributed by atoms with van der Waals surface area (Å²) >= 11 is 1.48. The maximum Gasteiger partial charge on any atom is 0.303 e. The maximum absolute atomic E-state index is 10.4. The van der Waals surface area contributed by atoms with Gasteiger partial charge in [-0.2, -0.15) is 5.10 Å². The number of fused-ring (bicyclic) bond motifs is 1. The van der Waals surface area contributed by atoms with Crippen LogP contribution in [0.25, 0.3) is 4.96 Å². The molecular weight excluding hydrogens is 202 g/mol. The Morgan fingerprint density at radius 1 is 1.71 bits per heavy atom. The molecule has 2 aromatic heterocycles. The van der Waals surface area contributed by atoms with Crippen LogP contribution in [-0.4, -0.2) is 25.7 Å². The van der Waals surface area contributed by atoms with Crippen molar-refractivity contribution in [3.8, 4) is 0 Å². The minimum absolute atomic E-state index is 0.130. The van der Waals surface area contributed by atoms with Crippen molar-refractivity contribution in [2.24, 2.45) is 0 Å². The molecule has 0 bridgehead atoms. The van der Waals surface area contributed by atoms with Gasteiger partial charge in [-0.1, -0.05) is 0 Å². The monoisotopic (exact) mass is 211 g/mol. The highest BCUT2D eigenvalue weighted by Gasteiger charge is 2.08. The van der Waals surface area contributed by atoms with Crippen LogP contribution in [0, 0.1) is 6.92 Å². The highest BCUT2D eigenvalue weighted by atomic mass is 32.1. The number of carboxylic acid groups (broad SMARTS) is 1. The highest BCUT2D eigenvalue weighted by Crippen LogP contribution is 2.15. The Kier molecular flexibility index (Phi) is 2.20. The molecule has 0 aromatic carbocycles. The molecule has 2 aromatic rings. The molecule has 1 N–H and O–H groups in total. The van der Waals surface area contributed by atoms with Crippen LogP contribution in [0.1, 0.15) is 17.9 Å². The lowest BCUT2D eigenvalue weighted by atomic mass is 10.2. The molecule has 2 heterocycles. The number of thiazole rings is 1. The maximum atomic E-state index is 10.4. The van der Waals surface area contributed by atoms with E-state index in [9.17, 15) is 4.79 Å². The van der Waals surface area contributed by atoms with Gasteiger partial charge in [-0.3, -0.25) is 4.79 Å². The van der Waals surface area contributed by atoms with Gasteiger partial charge in [0.2, 0.25) is 4.96 Å². The van der Waals surface area contributed by atoms with Crippen LogP contribution in [0.2, 0.25) is 0 Å². The van der Waals surface area contributed by atoms with Crippen LogP contribution >= 0.6 is 11.3 Å². The zero-order valence-corrected chi connectivity index (χ0v) is 8.41. The third kappa shape index (κ3) is 1.60. The quantitative estimate of drug-likeness (QED) is 0.826. The van der Waals surface area contributed by atoms with Crippen LogP contribution in [0.4, 0.5) is 0 Å². The molecule has 0 aliphatic carbocycles. The van der Waals surface area contributed by atoms with Crippen molar-refractivity contribution < 1.29 is 9.90 Å². The molecule has 14 heavy (non-hydrogen) atoms. The summed E-state index contributed by atoms with van der Waals surface area (Å²) in [6.07, 6.45) is 0.628. The molecular formula is C8H9N3O2S. The van der Waals surface area contributed by atoms with E-state index in [1.807, 2.05) is 12.3 Å². The molecule has 0 amide bonds. The molecule has 0 atom stereocenters. The summed E-state index contributed by atoms with van der Waals surface area (Å²) in [6, 6.07) is 0. The van der Waals surface area contributed by atoms with Gasteiger partial charge in [0.15, 0.2) is 0 Å². The first-order chi connectivity index (χ1) is 6.66. The van der Waals surface area contributed by atoms with Gasteiger partial charge < -0.3 is 5.11 Å². The SMILES string of the molecule is Cc1nc2scc(CCC(=O)O)n2n1. The number of rotatable bonds is 3. The van der Waals surface area contributed by atoms with Crippen LogP contribution in [0.3, 0.4) is 0 Å². The van der Waals surface area contributed by atoms with Crippen LogP contribution in [0.15, 0.2) is 5.38 Å². The zero-order chi connectivity index (χ0) is 10.1. The lowest BCUT2D eigenvalue weighted by Gasteiger charge is -1.93. The summed E-state index contributed by atoms with van der Waals surface area (Å²) in [5.41, 5.74) is 0.910. The van der Waals surface area contributed by atoms with E-state index in [0.29, 0.717) is 12.2 Å². The lowest BCUT2D eigenvalue weighted by molar-refractivity contribution is -0.136. The summed E-state index contributed by atoms with van der Waals surface area (Å²) in [6.45, 7) is 1.82. The van der Waals surface area contributed by atoms with Crippen LogP contribution < -0.4 is 0 Å². The smallest absolute Gasteiger partial charge is 0.303 e. The largest absolute Gasteiger partial charge is 0.481 e. The fraction of sp³-hybridized carbons (Fsp3) is 0.375. The number of aromatic nitrogens is 3. The van der Waals surface area contributed by atoms with E-state index in [1.165, 1.54) is 11.3 Å². The first-order valence-corrected chi connectivity index (χ1v) is 5.06. The number of aliphatic carboxylic acids is 1. The number of aryl methyl sites for hydroxylation is 2. The molecule has 0 saturated carbocycles. The molecule has 6 heteroatoms. The van der Waals surface area contributed by atoms with Crippen molar-refractivity contribution >= 4 is 22.3 Å². The molecule has 0 saturated heterocycles. The van der Waals surface area contributed by atoms with Gasteiger partial charge in [0, 0.05) is 11.8 Å². The van der Waals surface area contributed by atoms with E-state index in [-0.39, 0.29) is 6.42 Å². The highest BCUT2D eigenvalue weighted by molar-refractivity contribution is 7.15. The normalized spacial score (nSPS) is 10.9. The molecule has 0 fully saturated rings. The average Bonchev–Trinajstić information content (AvgIpc) is 2.60. The second kappa shape index (κ2) is 3.38. The zero-order valence-electron chi connectivity index (χ0n) is 7.60. The van der Waals surface area contributed by atoms with Crippen LogP contribution in [0.5, 0.6) is 0 Å². The molecule has 2 rings (SSSR count). The van der Waals surface area contributed by atoms with E-state index in [0.717, 1.165) is 10.7 Å². The number of hydrogen-bond acceptors (Lipinski definition) is 4. The van der Waals surface area contributed by atoms with Crippen molar-refractivity contribution in [1.82, 2.24) is 14.6 Å². The van der Waals surface area contributed by atoms with Crippen molar-refractivity contribution in [1.29, 1.82) is 0 Å². The fourth-order valence-corrected chi connectivity index (χ4v) is 2.13. The van der Waals surface area contributed by atoms with E-state index in [1.54, 1.807) is 4.52 Å². The number of carbonyl (C=O) groups is 1. The standard InChI is InChI=1S/C8H9N3O2S/c1-5-9-8-11(10-5)6(4-14-8)2-3-7(12)13/h4H,2-3H2,1H3,(H,12,13). The molecule has 0 unspecified atom stereocenters. The second-order valence-electron chi connectivity index (χ2n) is 2.97. The van der Waals surface area contributed by atoms with Gasteiger partial charge in [-0.15, -0.1) is 11.3 Å². The third-order valence-corrected chi connectivity index (χ3v) is 2.72. The first-order valence-electron chi connectivity index (χ1n) is 4.18. The van der Waals surface area contributed by atoms with E-state index in [2.05, 4.69) is 10.1 Å². The van der Waals surface area contributed by atoms with Gasteiger partial charge in [-0.25, -0.2) is 9.50 Å². The molecule has 5 nitrogen and oxygen atoms in total. The molecule has 74 valence electrons. The summed E-state index contributed by atoms with van der Waals surface area (Å²) in [5, 5.41) is 14.6. The Balaban J connectivity index is 2.28. The summed E-state index contributed by atoms with van der Waals surface area (Å²) < 4.78 is 1.71.